The average molecular weight is 472 g/mol. The number of nitro benzene ring substituents is 1. The van der Waals surface area contributed by atoms with E-state index in [9.17, 15) is 36.5 Å². The highest BCUT2D eigenvalue weighted by Crippen LogP contribution is 2.30. The Morgan fingerprint density at radius 1 is 1.06 bits per heavy atom. The van der Waals surface area contributed by atoms with Gasteiger partial charge in [-0.3, -0.25) is 14.9 Å². The molecule has 1 aliphatic heterocycles. The number of anilines is 1. The number of rotatable bonds is 6. The summed E-state index contributed by atoms with van der Waals surface area (Å²) in [5.74, 6) is -0.412. The first-order valence-corrected chi connectivity index (χ1v) is 10.9. The second-order valence-electron chi connectivity index (χ2n) is 6.94. The number of nitro groups is 1. The minimum atomic E-state index is -4.50. The molecule has 0 radical (unpaired) electrons. The molecule has 0 aliphatic carbocycles. The number of carbonyl (C=O) groups excluding carboxylic acids is 1. The van der Waals surface area contributed by atoms with Crippen LogP contribution < -0.4 is 5.32 Å². The van der Waals surface area contributed by atoms with Crippen LogP contribution in [0.3, 0.4) is 0 Å². The Hall–Kier alpha value is -3.19. The van der Waals surface area contributed by atoms with Crippen LogP contribution in [0.5, 0.6) is 0 Å². The lowest BCUT2D eigenvalue weighted by Crippen LogP contribution is -2.51. The van der Waals surface area contributed by atoms with Gasteiger partial charge >= 0.3 is 6.18 Å². The monoisotopic (exact) mass is 472 g/mol. The highest BCUT2D eigenvalue weighted by atomic mass is 32.2. The van der Waals surface area contributed by atoms with Crippen molar-refractivity contribution < 1.29 is 31.3 Å². The van der Waals surface area contributed by atoms with E-state index in [1.54, 1.807) is 0 Å². The molecule has 2 aromatic rings. The molecule has 9 nitrogen and oxygen atoms in total. The molecule has 1 saturated heterocycles. The lowest BCUT2D eigenvalue weighted by atomic mass is 10.2. The predicted molar refractivity (Wildman–Crippen MR) is 108 cm³/mol. The van der Waals surface area contributed by atoms with Crippen LogP contribution in [0.4, 0.5) is 24.5 Å². The van der Waals surface area contributed by atoms with Crippen molar-refractivity contribution in [2.45, 2.75) is 11.1 Å². The van der Waals surface area contributed by atoms with Crippen molar-refractivity contribution in [1.82, 2.24) is 9.21 Å². The first-order valence-electron chi connectivity index (χ1n) is 9.42. The molecule has 172 valence electrons. The molecule has 3 rings (SSSR count). The van der Waals surface area contributed by atoms with E-state index in [1.165, 1.54) is 29.2 Å². The summed E-state index contributed by atoms with van der Waals surface area (Å²) in [5.41, 5.74) is -1.24. The molecule has 1 amide bonds. The first-order chi connectivity index (χ1) is 15.0. The number of amides is 1. The molecule has 0 bridgehead atoms. The SMILES string of the molecule is O=C(CNc1cccc(C(F)(F)F)c1)N1CCN(S(=O)(=O)c2ccccc2[N+](=O)[O-])CC1. The summed E-state index contributed by atoms with van der Waals surface area (Å²) in [5, 5.41) is 13.8. The van der Waals surface area contributed by atoms with Gasteiger partial charge in [0.05, 0.1) is 17.0 Å². The standard InChI is InChI=1S/C19H19F3N4O5S/c20-19(21,22)14-4-3-5-15(12-14)23-13-18(27)24-8-10-25(11-9-24)32(30,31)17-7-2-1-6-16(17)26(28)29/h1-7,12,23H,8-11,13H2. The lowest BCUT2D eigenvalue weighted by Gasteiger charge is -2.34. The number of hydrogen-bond donors (Lipinski definition) is 1. The maximum atomic E-state index is 12.8. The molecular weight excluding hydrogens is 453 g/mol. The summed E-state index contributed by atoms with van der Waals surface area (Å²) in [6.45, 7) is -0.308. The van der Waals surface area contributed by atoms with Gasteiger partial charge in [0.1, 0.15) is 0 Å². The van der Waals surface area contributed by atoms with E-state index in [4.69, 9.17) is 0 Å². The fourth-order valence-corrected chi connectivity index (χ4v) is 4.82. The van der Waals surface area contributed by atoms with Crippen molar-refractivity contribution in [3.63, 3.8) is 0 Å². The number of para-hydroxylation sites is 1. The van der Waals surface area contributed by atoms with E-state index in [0.717, 1.165) is 28.6 Å². The van der Waals surface area contributed by atoms with E-state index < -0.39 is 43.2 Å². The van der Waals surface area contributed by atoms with Crippen molar-refractivity contribution in [3.8, 4) is 0 Å². The number of benzene rings is 2. The summed E-state index contributed by atoms with van der Waals surface area (Å²) in [6.07, 6.45) is -4.50. The van der Waals surface area contributed by atoms with Gasteiger partial charge in [-0.1, -0.05) is 18.2 Å². The number of carbonyl (C=O) groups is 1. The summed E-state index contributed by atoms with van der Waals surface area (Å²) < 4.78 is 65.1. The predicted octanol–water partition coefficient (Wildman–Crippen LogP) is 2.56. The number of nitrogens with one attached hydrogen (secondary N) is 1. The normalized spacial score (nSPS) is 15.4. The molecule has 2 aromatic carbocycles. The Morgan fingerprint density at radius 3 is 2.34 bits per heavy atom. The highest BCUT2D eigenvalue weighted by Gasteiger charge is 2.34. The van der Waals surface area contributed by atoms with E-state index in [-0.39, 0.29) is 38.4 Å². The zero-order valence-electron chi connectivity index (χ0n) is 16.6. The zero-order chi connectivity index (χ0) is 23.5. The van der Waals surface area contributed by atoms with Crippen LogP contribution in [0.15, 0.2) is 53.4 Å². The Labute approximate surface area is 181 Å². The van der Waals surface area contributed by atoms with Gasteiger partial charge in [-0.15, -0.1) is 0 Å². The second-order valence-corrected chi connectivity index (χ2v) is 8.85. The number of hydrogen-bond acceptors (Lipinski definition) is 6. The number of halogens is 3. The third kappa shape index (κ3) is 5.16. The zero-order valence-corrected chi connectivity index (χ0v) is 17.4. The van der Waals surface area contributed by atoms with Crippen molar-refractivity contribution in [3.05, 3.63) is 64.2 Å². The molecule has 0 spiro atoms. The fraction of sp³-hybridized carbons (Fsp3) is 0.316. The molecule has 1 aliphatic rings. The number of piperazine rings is 1. The molecule has 1 heterocycles. The van der Waals surface area contributed by atoms with Crippen LogP contribution in [0.1, 0.15) is 5.56 Å². The van der Waals surface area contributed by atoms with Gasteiger partial charge in [0, 0.05) is 37.9 Å². The molecule has 0 saturated carbocycles. The van der Waals surface area contributed by atoms with E-state index in [0.29, 0.717) is 0 Å². The maximum Gasteiger partial charge on any atom is 0.416 e. The van der Waals surface area contributed by atoms with E-state index in [1.807, 2.05) is 0 Å². The van der Waals surface area contributed by atoms with Gasteiger partial charge in [0.15, 0.2) is 4.90 Å². The molecule has 0 atom stereocenters. The minimum Gasteiger partial charge on any atom is -0.376 e. The van der Waals surface area contributed by atoms with Gasteiger partial charge in [-0.25, -0.2) is 8.42 Å². The van der Waals surface area contributed by atoms with Crippen LogP contribution in [0.25, 0.3) is 0 Å². The average Bonchev–Trinajstić information content (AvgIpc) is 2.77. The van der Waals surface area contributed by atoms with Gasteiger partial charge in [0.2, 0.25) is 15.9 Å². The van der Waals surface area contributed by atoms with Crippen molar-refractivity contribution in [2.24, 2.45) is 0 Å². The Balaban J connectivity index is 1.60. The van der Waals surface area contributed by atoms with Gasteiger partial charge in [0.25, 0.3) is 5.69 Å². The van der Waals surface area contributed by atoms with Crippen LogP contribution in [-0.2, 0) is 21.0 Å². The molecule has 1 N–H and O–H groups in total. The van der Waals surface area contributed by atoms with Crippen LogP contribution in [-0.4, -0.2) is 61.2 Å². The highest BCUT2D eigenvalue weighted by molar-refractivity contribution is 7.89. The fourth-order valence-electron chi connectivity index (χ4n) is 3.24. The third-order valence-electron chi connectivity index (χ3n) is 4.90. The Bertz CT molecular complexity index is 1120. The van der Waals surface area contributed by atoms with E-state index >= 15 is 0 Å². The first kappa shape index (κ1) is 23.5. The Kier molecular flexibility index (Phi) is 6.69. The summed E-state index contributed by atoms with van der Waals surface area (Å²) in [6, 6.07) is 9.45. The number of nitrogens with zero attached hydrogens (tertiary/aromatic N) is 3. The quantitative estimate of drug-likeness (QED) is 0.511. The summed E-state index contributed by atoms with van der Waals surface area (Å²) in [4.78, 5) is 23.8. The van der Waals surface area contributed by atoms with Gasteiger partial charge < -0.3 is 10.2 Å². The van der Waals surface area contributed by atoms with Gasteiger partial charge in [-0.2, -0.15) is 17.5 Å². The van der Waals surface area contributed by atoms with Crippen LogP contribution in [0, 0.1) is 10.1 Å². The smallest absolute Gasteiger partial charge is 0.376 e. The van der Waals surface area contributed by atoms with Gasteiger partial charge in [-0.05, 0) is 24.3 Å². The summed E-state index contributed by atoms with van der Waals surface area (Å²) >= 11 is 0. The number of sulfonamides is 1. The van der Waals surface area contributed by atoms with Crippen LogP contribution in [0.2, 0.25) is 0 Å². The van der Waals surface area contributed by atoms with Crippen LogP contribution >= 0.6 is 0 Å². The lowest BCUT2D eigenvalue weighted by molar-refractivity contribution is -0.387. The Morgan fingerprint density at radius 2 is 1.72 bits per heavy atom. The molecule has 1 fully saturated rings. The molecule has 13 heteroatoms. The minimum absolute atomic E-state index is 0.0446. The van der Waals surface area contributed by atoms with Crippen molar-refractivity contribution >= 4 is 27.3 Å². The molecule has 32 heavy (non-hydrogen) atoms. The second kappa shape index (κ2) is 9.12. The molecular formula is C19H19F3N4O5S. The molecule has 0 unspecified atom stereocenters. The summed E-state index contributed by atoms with van der Waals surface area (Å²) in [7, 11) is -4.13. The maximum absolute atomic E-state index is 12.8. The number of alkyl halides is 3. The largest absolute Gasteiger partial charge is 0.416 e. The van der Waals surface area contributed by atoms with Crippen molar-refractivity contribution in [1.29, 1.82) is 0 Å². The van der Waals surface area contributed by atoms with E-state index in [2.05, 4.69) is 5.32 Å². The molecule has 0 aromatic heterocycles. The third-order valence-corrected chi connectivity index (χ3v) is 6.85. The van der Waals surface area contributed by atoms with Crippen molar-refractivity contribution in [2.75, 3.05) is 38.0 Å². The topological polar surface area (TPSA) is 113 Å².